The minimum absolute atomic E-state index is 0.0722. The van der Waals surface area contributed by atoms with Gasteiger partial charge in [0.15, 0.2) is 0 Å². The van der Waals surface area contributed by atoms with Crippen molar-refractivity contribution in [2.75, 3.05) is 13.1 Å². The molecular formula is C22H30N2O3. The van der Waals surface area contributed by atoms with E-state index in [2.05, 4.69) is 17.1 Å². The van der Waals surface area contributed by atoms with Crippen LogP contribution in [0.1, 0.15) is 67.1 Å². The highest BCUT2D eigenvalue weighted by Crippen LogP contribution is 2.35. The van der Waals surface area contributed by atoms with Crippen molar-refractivity contribution < 1.29 is 14.3 Å². The Balaban J connectivity index is 1.69. The zero-order chi connectivity index (χ0) is 19.0. The number of benzene rings is 1. The molecule has 0 radical (unpaired) electrons. The van der Waals surface area contributed by atoms with Gasteiger partial charge in [-0.2, -0.15) is 0 Å². The van der Waals surface area contributed by atoms with Gasteiger partial charge in [0.1, 0.15) is 17.1 Å². The van der Waals surface area contributed by atoms with E-state index < -0.39 is 0 Å². The Kier molecular flexibility index (Phi) is 5.13. The maximum absolute atomic E-state index is 13.0. The number of carbonyl (C=O) groups excluding carboxylic acids is 1. The number of rotatable bonds is 4. The fraction of sp³-hybridized carbons (Fsp3) is 0.591. The summed E-state index contributed by atoms with van der Waals surface area (Å²) in [6.45, 7) is 6.81. The molecule has 27 heavy (non-hydrogen) atoms. The first kappa shape index (κ1) is 18.4. The molecule has 1 saturated heterocycles. The Hall–Kier alpha value is -2.01. The maximum Gasteiger partial charge on any atom is 0.255 e. The summed E-state index contributed by atoms with van der Waals surface area (Å²) in [7, 11) is 0. The molecule has 1 aromatic carbocycles. The van der Waals surface area contributed by atoms with Gasteiger partial charge in [0, 0.05) is 30.1 Å². The lowest BCUT2D eigenvalue weighted by Crippen LogP contribution is -2.34. The smallest absolute Gasteiger partial charge is 0.255 e. The molecule has 1 aromatic heterocycles. The molecule has 5 nitrogen and oxygen atoms in total. The van der Waals surface area contributed by atoms with Crippen LogP contribution in [0.15, 0.2) is 16.5 Å². The Morgan fingerprint density at radius 3 is 2.78 bits per heavy atom. The van der Waals surface area contributed by atoms with Crippen molar-refractivity contribution in [1.82, 2.24) is 10.2 Å². The number of phenolic OH excluding ortho intramolecular Hbond substituents is 1. The van der Waals surface area contributed by atoms with Gasteiger partial charge in [-0.3, -0.25) is 9.69 Å². The van der Waals surface area contributed by atoms with Gasteiger partial charge in [-0.1, -0.05) is 19.8 Å². The van der Waals surface area contributed by atoms with Gasteiger partial charge in [0.2, 0.25) is 0 Å². The van der Waals surface area contributed by atoms with E-state index in [9.17, 15) is 9.90 Å². The van der Waals surface area contributed by atoms with Crippen molar-refractivity contribution in [1.29, 1.82) is 0 Å². The van der Waals surface area contributed by atoms with Gasteiger partial charge in [-0.25, -0.2) is 0 Å². The molecule has 0 spiro atoms. The topological polar surface area (TPSA) is 65.7 Å². The van der Waals surface area contributed by atoms with Crippen LogP contribution in [0.4, 0.5) is 0 Å². The molecule has 2 heterocycles. The molecule has 2 aromatic rings. The summed E-state index contributed by atoms with van der Waals surface area (Å²) in [5.74, 6) is 1.46. The van der Waals surface area contributed by atoms with E-state index in [4.69, 9.17) is 4.42 Å². The van der Waals surface area contributed by atoms with Crippen molar-refractivity contribution in [3.8, 4) is 5.75 Å². The van der Waals surface area contributed by atoms with Crippen LogP contribution >= 0.6 is 0 Å². The minimum atomic E-state index is -0.0722. The molecule has 4 rings (SSSR count). The number of likely N-dealkylation sites (tertiary alicyclic amines) is 1. The van der Waals surface area contributed by atoms with Gasteiger partial charge in [0.05, 0.1) is 5.56 Å². The summed E-state index contributed by atoms with van der Waals surface area (Å²) in [6.07, 6.45) is 6.88. The summed E-state index contributed by atoms with van der Waals surface area (Å²) in [6, 6.07) is 3.71. The van der Waals surface area contributed by atoms with Crippen LogP contribution < -0.4 is 5.32 Å². The molecule has 1 amide bonds. The second kappa shape index (κ2) is 7.55. The number of nitrogens with zero attached hydrogens (tertiary/aromatic N) is 1. The standard InChI is InChI=1S/C22H30N2O3/c1-14-6-5-11-24(12-14)13-17-18(25)9-10-19-21(17)20(15(2)27-19)22(26)23-16-7-3-4-8-16/h9-10,14,16,25H,3-8,11-13H2,1-2H3,(H,23,26). The summed E-state index contributed by atoms with van der Waals surface area (Å²) in [4.78, 5) is 15.4. The van der Waals surface area contributed by atoms with E-state index in [1.54, 1.807) is 12.1 Å². The molecule has 2 aliphatic rings. The molecule has 1 aliphatic carbocycles. The Labute approximate surface area is 160 Å². The van der Waals surface area contributed by atoms with Crippen LogP contribution in [0, 0.1) is 12.8 Å². The Morgan fingerprint density at radius 2 is 2.04 bits per heavy atom. The number of amides is 1. The fourth-order valence-electron chi connectivity index (χ4n) is 4.78. The largest absolute Gasteiger partial charge is 0.508 e. The number of furan rings is 1. The second-order valence-electron chi connectivity index (χ2n) is 8.41. The number of aryl methyl sites for hydroxylation is 1. The number of carbonyl (C=O) groups is 1. The van der Waals surface area contributed by atoms with Gasteiger partial charge >= 0.3 is 0 Å². The third-order valence-corrected chi connectivity index (χ3v) is 6.16. The number of phenols is 1. The molecule has 5 heteroatoms. The second-order valence-corrected chi connectivity index (χ2v) is 8.41. The highest BCUT2D eigenvalue weighted by atomic mass is 16.3. The quantitative estimate of drug-likeness (QED) is 0.840. The molecule has 2 fully saturated rings. The Bertz CT molecular complexity index is 836. The minimum Gasteiger partial charge on any atom is -0.508 e. The fourth-order valence-corrected chi connectivity index (χ4v) is 4.78. The SMILES string of the molecule is Cc1oc2ccc(O)c(CN3CCCC(C)C3)c2c1C(=O)NC1CCCC1. The van der Waals surface area contributed by atoms with Crippen LogP contribution in [-0.2, 0) is 6.54 Å². The molecule has 1 unspecified atom stereocenters. The average Bonchev–Trinajstić information content (AvgIpc) is 3.24. The van der Waals surface area contributed by atoms with Gasteiger partial charge in [-0.05, 0) is 57.2 Å². The summed E-state index contributed by atoms with van der Waals surface area (Å²) in [5.41, 5.74) is 2.09. The van der Waals surface area contributed by atoms with Crippen LogP contribution in [0.5, 0.6) is 5.75 Å². The van der Waals surface area contributed by atoms with Crippen LogP contribution in [0.3, 0.4) is 0 Å². The Morgan fingerprint density at radius 1 is 1.26 bits per heavy atom. The van der Waals surface area contributed by atoms with Crippen molar-refractivity contribution in [3.63, 3.8) is 0 Å². The lowest BCUT2D eigenvalue weighted by Gasteiger charge is -2.31. The normalized spacial score (nSPS) is 21.8. The molecule has 1 saturated carbocycles. The average molecular weight is 370 g/mol. The highest BCUT2D eigenvalue weighted by Gasteiger charge is 2.27. The first-order valence-electron chi connectivity index (χ1n) is 10.3. The van der Waals surface area contributed by atoms with Crippen LogP contribution in [-0.4, -0.2) is 35.0 Å². The third kappa shape index (κ3) is 3.70. The first-order valence-corrected chi connectivity index (χ1v) is 10.3. The van der Waals surface area contributed by atoms with E-state index >= 15 is 0 Å². The number of nitrogens with one attached hydrogen (secondary N) is 1. The molecule has 1 atom stereocenters. The van der Waals surface area contributed by atoms with Gasteiger partial charge in [-0.15, -0.1) is 0 Å². The van der Waals surface area contributed by atoms with E-state index in [0.29, 0.717) is 29.4 Å². The number of fused-ring (bicyclic) bond motifs is 1. The lowest BCUT2D eigenvalue weighted by molar-refractivity contribution is 0.0937. The van der Waals surface area contributed by atoms with E-state index in [0.717, 1.165) is 36.9 Å². The number of hydrogen-bond donors (Lipinski definition) is 2. The van der Waals surface area contributed by atoms with Gasteiger partial charge in [0.25, 0.3) is 5.91 Å². The van der Waals surface area contributed by atoms with Crippen LogP contribution in [0.2, 0.25) is 0 Å². The number of aromatic hydroxyl groups is 1. The van der Waals surface area contributed by atoms with Crippen molar-refractivity contribution >= 4 is 16.9 Å². The van der Waals surface area contributed by atoms with E-state index in [1.165, 1.54) is 25.7 Å². The monoisotopic (exact) mass is 370 g/mol. The van der Waals surface area contributed by atoms with Crippen molar-refractivity contribution in [2.45, 2.75) is 65.0 Å². The molecule has 0 bridgehead atoms. The summed E-state index contributed by atoms with van der Waals surface area (Å²) in [5, 5.41) is 14.6. The summed E-state index contributed by atoms with van der Waals surface area (Å²) < 4.78 is 5.90. The molecule has 146 valence electrons. The van der Waals surface area contributed by atoms with Gasteiger partial charge < -0.3 is 14.8 Å². The third-order valence-electron chi connectivity index (χ3n) is 6.16. The first-order chi connectivity index (χ1) is 13.0. The van der Waals surface area contributed by atoms with E-state index in [1.807, 2.05) is 6.92 Å². The zero-order valence-electron chi connectivity index (χ0n) is 16.4. The molecule has 1 aliphatic heterocycles. The number of piperidine rings is 1. The number of hydrogen-bond acceptors (Lipinski definition) is 4. The molecule has 2 N–H and O–H groups in total. The van der Waals surface area contributed by atoms with Crippen molar-refractivity contribution in [3.05, 3.63) is 29.0 Å². The van der Waals surface area contributed by atoms with Crippen LogP contribution in [0.25, 0.3) is 11.0 Å². The van der Waals surface area contributed by atoms with E-state index in [-0.39, 0.29) is 17.7 Å². The predicted molar refractivity (Wildman–Crippen MR) is 106 cm³/mol. The highest BCUT2D eigenvalue weighted by molar-refractivity contribution is 6.09. The zero-order valence-corrected chi connectivity index (χ0v) is 16.4. The maximum atomic E-state index is 13.0. The molecular weight excluding hydrogens is 340 g/mol. The summed E-state index contributed by atoms with van der Waals surface area (Å²) >= 11 is 0. The predicted octanol–water partition coefficient (Wildman–Crippen LogP) is 4.35. The van der Waals surface area contributed by atoms with Crippen molar-refractivity contribution in [2.24, 2.45) is 5.92 Å². The lowest BCUT2D eigenvalue weighted by atomic mass is 9.98.